The molecule has 0 aliphatic carbocycles. The molecule has 1 aromatic heterocycles. The van der Waals surface area contributed by atoms with Gasteiger partial charge in [0, 0.05) is 5.56 Å². The number of halogens is 1. The molecule has 0 spiro atoms. The largest absolute Gasteiger partial charge is 0.443 e. The molecule has 2 aromatic carbocycles. The molecule has 0 atom stereocenters. The first kappa shape index (κ1) is 9.43. The van der Waals surface area contributed by atoms with Crippen molar-refractivity contribution in [3.8, 4) is 11.1 Å². The van der Waals surface area contributed by atoms with Gasteiger partial charge in [0.05, 0.1) is 5.02 Å². The second kappa shape index (κ2) is 3.65. The summed E-state index contributed by atoms with van der Waals surface area (Å²) in [5.41, 5.74) is 3.53. The zero-order valence-corrected chi connectivity index (χ0v) is 9.11. The van der Waals surface area contributed by atoms with Gasteiger partial charge < -0.3 is 4.42 Å². The molecule has 16 heavy (non-hydrogen) atoms. The molecule has 0 saturated heterocycles. The predicted molar refractivity (Wildman–Crippen MR) is 64.5 cm³/mol. The number of aromatic nitrogens is 1. The lowest BCUT2D eigenvalue weighted by Crippen LogP contribution is -1.81. The Morgan fingerprint density at radius 1 is 1.00 bits per heavy atom. The van der Waals surface area contributed by atoms with Crippen molar-refractivity contribution < 1.29 is 4.42 Å². The summed E-state index contributed by atoms with van der Waals surface area (Å²) in [6.45, 7) is 0. The van der Waals surface area contributed by atoms with Crippen LogP contribution in [0.1, 0.15) is 0 Å². The van der Waals surface area contributed by atoms with E-state index in [0.717, 1.165) is 22.2 Å². The third-order valence-corrected chi connectivity index (χ3v) is 2.83. The first-order chi connectivity index (χ1) is 7.86. The van der Waals surface area contributed by atoms with Crippen molar-refractivity contribution in [2.24, 2.45) is 0 Å². The fraction of sp³-hybridized carbons (Fsp3) is 0. The van der Waals surface area contributed by atoms with E-state index >= 15 is 0 Å². The third-order valence-electron chi connectivity index (χ3n) is 2.51. The maximum atomic E-state index is 6.21. The molecule has 1 heterocycles. The number of benzene rings is 2. The van der Waals surface area contributed by atoms with Crippen LogP contribution in [-0.2, 0) is 0 Å². The standard InChI is InChI=1S/C13H8ClNO/c14-10-6-7-11-13(15-8-16-11)12(10)9-4-2-1-3-5-9/h1-8H. The molecular formula is C13H8ClNO. The molecule has 2 nitrogen and oxygen atoms in total. The van der Waals surface area contributed by atoms with Crippen molar-refractivity contribution in [3.05, 3.63) is 53.9 Å². The molecule has 0 amide bonds. The molecule has 0 aliphatic rings. The van der Waals surface area contributed by atoms with Crippen LogP contribution in [-0.4, -0.2) is 4.98 Å². The van der Waals surface area contributed by atoms with E-state index in [4.69, 9.17) is 16.0 Å². The van der Waals surface area contributed by atoms with Gasteiger partial charge >= 0.3 is 0 Å². The number of rotatable bonds is 1. The summed E-state index contributed by atoms with van der Waals surface area (Å²) in [4.78, 5) is 4.20. The van der Waals surface area contributed by atoms with Gasteiger partial charge in [0.15, 0.2) is 12.0 Å². The Bertz CT molecular complexity index is 631. The van der Waals surface area contributed by atoms with Crippen LogP contribution < -0.4 is 0 Å². The molecule has 0 bridgehead atoms. The van der Waals surface area contributed by atoms with Crippen LogP contribution >= 0.6 is 11.6 Å². The highest BCUT2D eigenvalue weighted by molar-refractivity contribution is 6.34. The van der Waals surface area contributed by atoms with E-state index in [1.54, 1.807) is 0 Å². The highest BCUT2D eigenvalue weighted by atomic mass is 35.5. The van der Waals surface area contributed by atoms with Gasteiger partial charge in [-0.2, -0.15) is 0 Å². The van der Waals surface area contributed by atoms with Gasteiger partial charge in [0.2, 0.25) is 0 Å². The van der Waals surface area contributed by atoms with Crippen LogP contribution in [0.5, 0.6) is 0 Å². The van der Waals surface area contributed by atoms with Crippen LogP contribution in [0.25, 0.3) is 22.2 Å². The summed E-state index contributed by atoms with van der Waals surface area (Å²) >= 11 is 6.21. The van der Waals surface area contributed by atoms with Gasteiger partial charge in [0.25, 0.3) is 0 Å². The minimum Gasteiger partial charge on any atom is -0.443 e. The van der Waals surface area contributed by atoms with Crippen molar-refractivity contribution in [1.82, 2.24) is 4.98 Å². The molecule has 3 aromatic rings. The maximum Gasteiger partial charge on any atom is 0.182 e. The highest BCUT2D eigenvalue weighted by Gasteiger charge is 2.11. The third kappa shape index (κ3) is 1.39. The Balaban J connectivity index is 2.38. The highest BCUT2D eigenvalue weighted by Crippen LogP contribution is 2.34. The Kier molecular flexibility index (Phi) is 2.15. The molecule has 78 valence electrons. The minimum atomic E-state index is 0.688. The lowest BCUT2D eigenvalue weighted by Gasteiger charge is -2.04. The molecule has 3 heteroatoms. The van der Waals surface area contributed by atoms with Crippen LogP contribution in [0.15, 0.2) is 53.3 Å². The second-order valence-electron chi connectivity index (χ2n) is 3.49. The zero-order valence-electron chi connectivity index (χ0n) is 8.35. The van der Waals surface area contributed by atoms with Crippen molar-refractivity contribution in [2.75, 3.05) is 0 Å². The van der Waals surface area contributed by atoms with Gasteiger partial charge in [0.1, 0.15) is 5.52 Å². The fourth-order valence-electron chi connectivity index (χ4n) is 1.79. The Hall–Kier alpha value is -1.80. The van der Waals surface area contributed by atoms with Crippen molar-refractivity contribution >= 4 is 22.7 Å². The van der Waals surface area contributed by atoms with Crippen LogP contribution in [0.4, 0.5) is 0 Å². The Labute approximate surface area is 97.5 Å². The van der Waals surface area contributed by atoms with E-state index in [2.05, 4.69) is 4.98 Å². The van der Waals surface area contributed by atoms with E-state index in [1.165, 1.54) is 6.39 Å². The van der Waals surface area contributed by atoms with E-state index < -0.39 is 0 Å². The summed E-state index contributed by atoms with van der Waals surface area (Å²) in [7, 11) is 0. The van der Waals surface area contributed by atoms with Gasteiger partial charge in [-0.3, -0.25) is 0 Å². The first-order valence-corrected chi connectivity index (χ1v) is 5.31. The second-order valence-corrected chi connectivity index (χ2v) is 3.89. The normalized spacial score (nSPS) is 10.8. The number of fused-ring (bicyclic) bond motifs is 1. The monoisotopic (exact) mass is 229 g/mol. The number of hydrogen-bond acceptors (Lipinski definition) is 2. The SMILES string of the molecule is Clc1ccc2ocnc2c1-c1ccccc1. The van der Waals surface area contributed by atoms with Crippen molar-refractivity contribution in [2.45, 2.75) is 0 Å². The molecule has 0 aliphatic heterocycles. The van der Waals surface area contributed by atoms with Gasteiger partial charge in [-0.15, -0.1) is 0 Å². The van der Waals surface area contributed by atoms with Crippen molar-refractivity contribution in [1.29, 1.82) is 0 Å². The molecular weight excluding hydrogens is 222 g/mol. The van der Waals surface area contributed by atoms with Crippen LogP contribution in [0.3, 0.4) is 0 Å². The van der Waals surface area contributed by atoms with Gasteiger partial charge in [-0.05, 0) is 17.7 Å². The summed E-state index contributed by atoms with van der Waals surface area (Å²) in [6, 6.07) is 13.6. The quantitative estimate of drug-likeness (QED) is 0.627. The molecule has 0 N–H and O–H groups in total. The van der Waals surface area contributed by atoms with E-state index in [0.29, 0.717) is 5.02 Å². The Morgan fingerprint density at radius 3 is 2.62 bits per heavy atom. The smallest absolute Gasteiger partial charge is 0.182 e. The lowest BCUT2D eigenvalue weighted by molar-refractivity contribution is 0.602. The Morgan fingerprint density at radius 2 is 1.81 bits per heavy atom. The van der Waals surface area contributed by atoms with Gasteiger partial charge in [-0.1, -0.05) is 41.9 Å². The average molecular weight is 230 g/mol. The topological polar surface area (TPSA) is 26.0 Å². The van der Waals surface area contributed by atoms with E-state index in [9.17, 15) is 0 Å². The molecule has 0 radical (unpaired) electrons. The fourth-order valence-corrected chi connectivity index (χ4v) is 2.05. The summed E-state index contributed by atoms with van der Waals surface area (Å²) in [6.07, 6.45) is 1.44. The number of nitrogens with zero attached hydrogens (tertiary/aromatic N) is 1. The van der Waals surface area contributed by atoms with E-state index in [-0.39, 0.29) is 0 Å². The summed E-state index contributed by atoms with van der Waals surface area (Å²) in [5, 5.41) is 0.688. The number of hydrogen-bond donors (Lipinski definition) is 0. The maximum absolute atomic E-state index is 6.21. The van der Waals surface area contributed by atoms with E-state index in [1.807, 2.05) is 42.5 Å². The molecule has 3 rings (SSSR count). The average Bonchev–Trinajstić information content (AvgIpc) is 2.78. The van der Waals surface area contributed by atoms with Gasteiger partial charge in [-0.25, -0.2) is 4.98 Å². The van der Waals surface area contributed by atoms with Crippen LogP contribution in [0, 0.1) is 0 Å². The van der Waals surface area contributed by atoms with Crippen LogP contribution in [0.2, 0.25) is 5.02 Å². The van der Waals surface area contributed by atoms with Crippen molar-refractivity contribution in [3.63, 3.8) is 0 Å². The molecule has 0 unspecified atom stereocenters. The number of oxazole rings is 1. The minimum absolute atomic E-state index is 0.688. The summed E-state index contributed by atoms with van der Waals surface area (Å²) in [5.74, 6) is 0. The molecule has 0 fully saturated rings. The molecule has 0 saturated carbocycles. The zero-order chi connectivity index (χ0) is 11.0. The summed E-state index contributed by atoms with van der Waals surface area (Å²) < 4.78 is 5.27. The first-order valence-electron chi connectivity index (χ1n) is 4.93. The predicted octanol–water partition coefficient (Wildman–Crippen LogP) is 4.15. The lowest BCUT2D eigenvalue weighted by atomic mass is 10.0.